The molecule has 0 spiro atoms. The van der Waals surface area contributed by atoms with Crippen LogP contribution >= 0.6 is 0 Å². The van der Waals surface area contributed by atoms with Gasteiger partial charge in [-0.3, -0.25) is 0 Å². The first-order valence-corrected chi connectivity index (χ1v) is 5.49. The lowest BCUT2D eigenvalue weighted by Crippen LogP contribution is -1.96. The molecule has 0 fully saturated rings. The number of hydrogen-bond acceptors (Lipinski definition) is 4. The summed E-state index contributed by atoms with van der Waals surface area (Å²) < 4.78 is 5.42. The van der Waals surface area contributed by atoms with Gasteiger partial charge < -0.3 is 9.84 Å². The fourth-order valence-electron chi connectivity index (χ4n) is 1.51. The Morgan fingerprint density at radius 1 is 1.29 bits per heavy atom. The van der Waals surface area contributed by atoms with Crippen LogP contribution in [0.5, 0.6) is 5.75 Å². The minimum Gasteiger partial charge on any atom is -0.494 e. The molecule has 0 radical (unpaired) electrons. The van der Waals surface area contributed by atoms with E-state index < -0.39 is 0 Å². The molecule has 88 valence electrons. The molecule has 0 unspecified atom stereocenters. The lowest BCUT2D eigenvalue weighted by molar-refractivity contribution is 0.277. The highest BCUT2D eigenvalue weighted by atomic mass is 16.5. The number of aliphatic hydroxyl groups excluding tert-OH is 1. The minimum atomic E-state index is -0.0827. The third-order valence-electron chi connectivity index (χ3n) is 2.28. The van der Waals surface area contributed by atoms with Gasteiger partial charge in [-0.2, -0.15) is 0 Å². The fourth-order valence-corrected chi connectivity index (χ4v) is 1.51. The predicted molar refractivity (Wildman–Crippen MR) is 64.6 cm³/mol. The second-order valence-electron chi connectivity index (χ2n) is 3.49. The highest BCUT2D eigenvalue weighted by Gasteiger charge is 2.03. The van der Waals surface area contributed by atoms with E-state index in [1.165, 1.54) is 0 Å². The molecule has 0 aliphatic heterocycles. The number of aliphatic hydroxyl groups is 1. The standard InChI is InChI=1S/C13H14N2O2/c1-2-17-12-5-3-4-10(8-12)13-14-7-6-11(9-16)15-13/h3-8,16H,2,9H2,1H3. The van der Waals surface area contributed by atoms with Crippen molar-refractivity contribution in [1.82, 2.24) is 9.97 Å². The summed E-state index contributed by atoms with van der Waals surface area (Å²) in [7, 11) is 0. The summed E-state index contributed by atoms with van der Waals surface area (Å²) in [5.41, 5.74) is 1.49. The Labute approximate surface area is 99.9 Å². The average Bonchev–Trinajstić information content (AvgIpc) is 2.40. The zero-order valence-corrected chi connectivity index (χ0v) is 9.63. The summed E-state index contributed by atoms with van der Waals surface area (Å²) in [5.74, 6) is 1.39. The van der Waals surface area contributed by atoms with E-state index in [-0.39, 0.29) is 6.61 Å². The third-order valence-corrected chi connectivity index (χ3v) is 2.28. The molecule has 0 aliphatic carbocycles. The van der Waals surface area contributed by atoms with Gasteiger partial charge in [-0.1, -0.05) is 12.1 Å². The molecule has 0 saturated heterocycles. The zero-order chi connectivity index (χ0) is 12.1. The molecule has 0 bridgehead atoms. The van der Waals surface area contributed by atoms with Crippen LogP contribution in [0.1, 0.15) is 12.6 Å². The monoisotopic (exact) mass is 230 g/mol. The molecule has 2 aromatic rings. The Balaban J connectivity index is 2.34. The van der Waals surface area contributed by atoms with Gasteiger partial charge in [0, 0.05) is 11.8 Å². The van der Waals surface area contributed by atoms with Crippen molar-refractivity contribution in [2.24, 2.45) is 0 Å². The summed E-state index contributed by atoms with van der Waals surface area (Å²) in [5, 5.41) is 9.03. The van der Waals surface area contributed by atoms with Crippen LogP contribution in [-0.4, -0.2) is 21.7 Å². The van der Waals surface area contributed by atoms with Crippen LogP contribution in [0.15, 0.2) is 36.5 Å². The van der Waals surface area contributed by atoms with Crippen LogP contribution in [0.3, 0.4) is 0 Å². The maximum Gasteiger partial charge on any atom is 0.159 e. The van der Waals surface area contributed by atoms with Crippen molar-refractivity contribution < 1.29 is 9.84 Å². The van der Waals surface area contributed by atoms with Crippen molar-refractivity contribution in [3.63, 3.8) is 0 Å². The van der Waals surface area contributed by atoms with Crippen LogP contribution in [0.25, 0.3) is 11.4 Å². The first-order valence-electron chi connectivity index (χ1n) is 5.49. The zero-order valence-electron chi connectivity index (χ0n) is 9.63. The van der Waals surface area contributed by atoms with Crippen molar-refractivity contribution in [1.29, 1.82) is 0 Å². The van der Waals surface area contributed by atoms with E-state index in [4.69, 9.17) is 9.84 Å². The molecular formula is C13H14N2O2. The molecular weight excluding hydrogens is 216 g/mol. The van der Waals surface area contributed by atoms with Crippen LogP contribution in [-0.2, 0) is 6.61 Å². The van der Waals surface area contributed by atoms with E-state index in [1.807, 2.05) is 31.2 Å². The number of aromatic nitrogens is 2. The van der Waals surface area contributed by atoms with Gasteiger partial charge in [0.25, 0.3) is 0 Å². The van der Waals surface area contributed by atoms with Crippen LogP contribution in [0.4, 0.5) is 0 Å². The first kappa shape index (κ1) is 11.5. The fraction of sp³-hybridized carbons (Fsp3) is 0.231. The number of benzene rings is 1. The summed E-state index contributed by atoms with van der Waals surface area (Å²) in [6.45, 7) is 2.48. The molecule has 0 saturated carbocycles. The minimum absolute atomic E-state index is 0.0827. The Bertz CT molecular complexity index is 500. The Hall–Kier alpha value is -1.94. The van der Waals surface area contributed by atoms with Crippen LogP contribution < -0.4 is 4.74 Å². The van der Waals surface area contributed by atoms with Gasteiger partial charge in [0.1, 0.15) is 5.75 Å². The highest BCUT2D eigenvalue weighted by Crippen LogP contribution is 2.20. The molecule has 0 atom stereocenters. The topological polar surface area (TPSA) is 55.2 Å². The maximum atomic E-state index is 9.03. The Kier molecular flexibility index (Phi) is 3.67. The second kappa shape index (κ2) is 5.41. The molecule has 4 nitrogen and oxygen atoms in total. The summed E-state index contributed by atoms with van der Waals surface area (Å²) in [6.07, 6.45) is 1.64. The van der Waals surface area contributed by atoms with E-state index >= 15 is 0 Å². The van der Waals surface area contributed by atoms with Crippen molar-refractivity contribution in [2.75, 3.05) is 6.61 Å². The van der Waals surface area contributed by atoms with E-state index in [9.17, 15) is 0 Å². The summed E-state index contributed by atoms with van der Waals surface area (Å²) in [6, 6.07) is 9.28. The van der Waals surface area contributed by atoms with E-state index in [1.54, 1.807) is 12.3 Å². The first-order chi connectivity index (χ1) is 8.33. The second-order valence-corrected chi connectivity index (χ2v) is 3.49. The molecule has 4 heteroatoms. The largest absolute Gasteiger partial charge is 0.494 e. The van der Waals surface area contributed by atoms with Gasteiger partial charge >= 0.3 is 0 Å². The molecule has 1 heterocycles. The molecule has 17 heavy (non-hydrogen) atoms. The lowest BCUT2D eigenvalue weighted by atomic mass is 10.2. The molecule has 1 aromatic carbocycles. The maximum absolute atomic E-state index is 9.03. The van der Waals surface area contributed by atoms with Gasteiger partial charge in [-0.05, 0) is 25.1 Å². The normalized spacial score (nSPS) is 10.2. The number of hydrogen-bond donors (Lipinski definition) is 1. The van der Waals surface area contributed by atoms with Gasteiger partial charge in [0.2, 0.25) is 0 Å². The molecule has 2 rings (SSSR count). The van der Waals surface area contributed by atoms with Gasteiger partial charge in [-0.15, -0.1) is 0 Å². The van der Waals surface area contributed by atoms with Crippen molar-refractivity contribution in [3.05, 3.63) is 42.2 Å². The van der Waals surface area contributed by atoms with Crippen molar-refractivity contribution in [3.8, 4) is 17.1 Å². The van der Waals surface area contributed by atoms with E-state index in [0.29, 0.717) is 18.1 Å². The summed E-state index contributed by atoms with van der Waals surface area (Å²) >= 11 is 0. The number of nitrogens with zero attached hydrogens (tertiary/aromatic N) is 2. The smallest absolute Gasteiger partial charge is 0.159 e. The number of rotatable bonds is 4. The summed E-state index contributed by atoms with van der Waals surface area (Å²) in [4.78, 5) is 8.43. The molecule has 1 aromatic heterocycles. The Morgan fingerprint density at radius 2 is 2.18 bits per heavy atom. The van der Waals surface area contributed by atoms with Gasteiger partial charge in [-0.25, -0.2) is 9.97 Å². The van der Waals surface area contributed by atoms with Crippen molar-refractivity contribution >= 4 is 0 Å². The van der Waals surface area contributed by atoms with Crippen molar-refractivity contribution in [2.45, 2.75) is 13.5 Å². The Morgan fingerprint density at radius 3 is 2.94 bits per heavy atom. The van der Waals surface area contributed by atoms with E-state index in [0.717, 1.165) is 11.3 Å². The van der Waals surface area contributed by atoms with Gasteiger partial charge in [0.05, 0.1) is 18.9 Å². The molecule has 0 aliphatic rings. The van der Waals surface area contributed by atoms with Crippen LogP contribution in [0, 0.1) is 0 Å². The number of ether oxygens (including phenoxy) is 1. The van der Waals surface area contributed by atoms with Gasteiger partial charge in [0.15, 0.2) is 5.82 Å². The predicted octanol–water partition coefficient (Wildman–Crippen LogP) is 2.03. The SMILES string of the molecule is CCOc1cccc(-c2nccc(CO)n2)c1. The van der Waals surface area contributed by atoms with E-state index in [2.05, 4.69) is 9.97 Å². The molecule has 0 amide bonds. The average molecular weight is 230 g/mol. The highest BCUT2D eigenvalue weighted by molar-refractivity contribution is 5.57. The third kappa shape index (κ3) is 2.79. The van der Waals surface area contributed by atoms with Crippen LogP contribution in [0.2, 0.25) is 0 Å². The molecule has 1 N–H and O–H groups in total. The quantitative estimate of drug-likeness (QED) is 0.873. The lowest BCUT2D eigenvalue weighted by Gasteiger charge is -2.05.